The van der Waals surface area contributed by atoms with Gasteiger partial charge in [0, 0.05) is 23.8 Å². The normalized spacial score (nSPS) is 23.2. The van der Waals surface area contributed by atoms with Crippen molar-refractivity contribution in [1.82, 2.24) is 5.32 Å². The summed E-state index contributed by atoms with van der Waals surface area (Å²) in [6, 6.07) is 14.7. The van der Waals surface area contributed by atoms with Gasteiger partial charge < -0.3 is 25.7 Å². The van der Waals surface area contributed by atoms with Crippen LogP contribution in [-0.2, 0) is 21.7 Å². The molecule has 2 aromatic rings. The first kappa shape index (κ1) is 23.2. The summed E-state index contributed by atoms with van der Waals surface area (Å²) < 4.78 is 0. The lowest BCUT2D eigenvalue weighted by molar-refractivity contribution is -0.139. The first-order valence-corrected chi connectivity index (χ1v) is 11.5. The van der Waals surface area contributed by atoms with Crippen molar-refractivity contribution < 1.29 is 19.8 Å². The van der Waals surface area contributed by atoms with Gasteiger partial charge in [0.25, 0.3) is 5.91 Å². The third-order valence-electron chi connectivity index (χ3n) is 6.48. The van der Waals surface area contributed by atoms with Crippen molar-refractivity contribution >= 4 is 23.2 Å². The Morgan fingerprint density at radius 1 is 1.30 bits per heavy atom. The first-order valence-electron chi connectivity index (χ1n) is 11.5. The topological polar surface area (TPSA) is 102 Å². The predicted octanol–water partition coefficient (Wildman–Crippen LogP) is 2.69. The number of anilines is 2. The molecule has 2 heterocycles. The third-order valence-corrected chi connectivity index (χ3v) is 6.48. The SMILES string of the molecule is C[C@H](/C=C/CCO)[C@@]1(O)C(=O)N(Cc2ccccc2)c2ccc(NC(=O)[C@H]3CCCN3)cc21. The lowest BCUT2D eigenvalue weighted by Gasteiger charge is -2.28. The van der Waals surface area contributed by atoms with Crippen LogP contribution in [0.4, 0.5) is 11.4 Å². The minimum atomic E-state index is -1.78. The Balaban J connectivity index is 1.69. The molecule has 0 saturated carbocycles. The Kier molecular flexibility index (Phi) is 6.93. The Morgan fingerprint density at radius 3 is 2.79 bits per heavy atom. The Hall–Kier alpha value is -3.00. The molecule has 4 rings (SSSR count). The molecule has 2 aromatic carbocycles. The van der Waals surface area contributed by atoms with Crippen LogP contribution in [0.15, 0.2) is 60.7 Å². The largest absolute Gasteiger partial charge is 0.396 e. The second kappa shape index (κ2) is 9.87. The van der Waals surface area contributed by atoms with Gasteiger partial charge in [-0.25, -0.2) is 0 Å². The smallest absolute Gasteiger partial charge is 0.264 e. The van der Waals surface area contributed by atoms with Gasteiger partial charge in [0.15, 0.2) is 5.60 Å². The molecule has 0 spiro atoms. The van der Waals surface area contributed by atoms with Crippen LogP contribution >= 0.6 is 0 Å². The second-order valence-corrected chi connectivity index (χ2v) is 8.74. The number of aliphatic hydroxyl groups is 2. The fourth-order valence-corrected chi connectivity index (χ4v) is 4.60. The van der Waals surface area contributed by atoms with Crippen LogP contribution in [-0.4, -0.2) is 41.2 Å². The van der Waals surface area contributed by atoms with Crippen molar-refractivity contribution in [3.05, 3.63) is 71.8 Å². The minimum absolute atomic E-state index is 0.00229. The molecule has 0 unspecified atom stereocenters. The number of benzene rings is 2. The zero-order valence-electron chi connectivity index (χ0n) is 18.8. The van der Waals surface area contributed by atoms with Crippen molar-refractivity contribution in [2.45, 2.75) is 44.4 Å². The van der Waals surface area contributed by atoms with E-state index in [2.05, 4.69) is 10.6 Å². The molecule has 1 saturated heterocycles. The molecule has 0 aromatic heterocycles. The van der Waals surface area contributed by atoms with E-state index in [4.69, 9.17) is 5.11 Å². The fourth-order valence-electron chi connectivity index (χ4n) is 4.60. The lowest BCUT2D eigenvalue weighted by Crippen LogP contribution is -2.44. The maximum absolute atomic E-state index is 13.6. The van der Waals surface area contributed by atoms with E-state index in [9.17, 15) is 14.7 Å². The van der Waals surface area contributed by atoms with Crippen LogP contribution in [0.3, 0.4) is 0 Å². The van der Waals surface area contributed by atoms with Crippen molar-refractivity contribution in [2.24, 2.45) is 5.92 Å². The average molecular weight is 450 g/mol. The number of rotatable bonds is 8. The molecule has 7 heteroatoms. The number of carbonyl (C=O) groups is 2. The number of hydrogen-bond acceptors (Lipinski definition) is 5. The molecular weight excluding hydrogens is 418 g/mol. The van der Waals surface area contributed by atoms with E-state index in [0.29, 0.717) is 29.9 Å². The number of fused-ring (bicyclic) bond motifs is 1. The molecule has 7 nitrogen and oxygen atoms in total. The van der Waals surface area contributed by atoms with Gasteiger partial charge in [-0.2, -0.15) is 0 Å². The van der Waals surface area contributed by atoms with E-state index < -0.39 is 17.4 Å². The van der Waals surface area contributed by atoms with E-state index in [1.165, 1.54) is 0 Å². The second-order valence-electron chi connectivity index (χ2n) is 8.74. The van der Waals surface area contributed by atoms with E-state index in [-0.39, 0.29) is 18.6 Å². The number of aliphatic hydroxyl groups excluding tert-OH is 1. The minimum Gasteiger partial charge on any atom is -0.396 e. The van der Waals surface area contributed by atoms with E-state index in [1.807, 2.05) is 30.3 Å². The van der Waals surface area contributed by atoms with Crippen molar-refractivity contribution in [1.29, 1.82) is 0 Å². The van der Waals surface area contributed by atoms with Gasteiger partial charge in [-0.05, 0) is 49.6 Å². The van der Waals surface area contributed by atoms with Gasteiger partial charge in [-0.1, -0.05) is 49.4 Å². The van der Waals surface area contributed by atoms with Crippen molar-refractivity contribution in [3.63, 3.8) is 0 Å². The Labute approximate surface area is 194 Å². The summed E-state index contributed by atoms with van der Waals surface area (Å²) in [7, 11) is 0. The van der Waals surface area contributed by atoms with E-state index in [0.717, 1.165) is 24.9 Å². The van der Waals surface area contributed by atoms with Crippen LogP contribution in [0.2, 0.25) is 0 Å². The molecule has 0 radical (unpaired) electrons. The maximum atomic E-state index is 13.6. The fraction of sp³-hybridized carbons (Fsp3) is 0.385. The summed E-state index contributed by atoms with van der Waals surface area (Å²) >= 11 is 0. The van der Waals surface area contributed by atoms with Crippen molar-refractivity contribution in [2.75, 3.05) is 23.4 Å². The molecule has 0 aliphatic carbocycles. The molecule has 2 aliphatic rings. The summed E-state index contributed by atoms with van der Waals surface area (Å²) in [5, 5.41) is 27.0. The van der Waals surface area contributed by atoms with Crippen LogP contribution in [0.25, 0.3) is 0 Å². The van der Waals surface area contributed by atoms with Gasteiger partial charge in [0.1, 0.15) is 0 Å². The number of hydrogen-bond donors (Lipinski definition) is 4. The molecule has 2 aliphatic heterocycles. The van der Waals surface area contributed by atoms with Crippen molar-refractivity contribution in [3.8, 4) is 0 Å². The lowest BCUT2D eigenvalue weighted by atomic mass is 9.82. The quantitative estimate of drug-likeness (QED) is 0.464. The first-order chi connectivity index (χ1) is 15.9. The van der Waals surface area contributed by atoms with Gasteiger partial charge >= 0.3 is 0 Å². The zero-order chi connectivity index (χ0) is 23.4. The molecule has 33 heavy (non-hydrogen) atoms. The van der Waals surface area contributed by atoms with E-state index in [1.54, 1.807) is 42.2 Å². The maximum Gasteiger partial charge on any atom is 0.264 e. The van der Waals surface area contributed by atoms with Crippen LogP contribution in [0.1, 0.15) is 37.3 Å². The third kappa shape index (κ3) is 4.57. The summed E-state index contributed by atoms with van der Waals surface area (Å²) in [5.41, 5.74) is 0.830. The summed E-state index contributed by atoms with van der Waals surface area (Å²) in [6.45, 7) is 2.94. The highest BCUT2D eigenvalue weighted by molar-refractivity contribution is 6.08. The molecule has 1 fully saturated rings. The highest BCUT2D eigenvalue weighted by atomic mass is 16.3. The molecular formula is C26H31N3O4. The summed E-state index contributed by atoms with van der Waals surface area (Å²) in [5.74, 6) is -1.04. The molecule has 4 N–H and O–H groups in total. The highest BCUT2D eigenvalue weighted by Gasteiger charge is 2.52. The summed E-state index contributed by atoms with van der Waals surface area (Å²) in [6.07, 6.45) is 5.73. The molecule has 0 bridgehead atoms. The van der Waals surface area contributed by atoms with Crippen LogP contribution in [0.5, 0.6) is 0 Å². The number of nitrogens with one attached hydrogen (secondary N) is 2. The average Bonchev–Trinajstić information content (AvgIpc) is 3.43. The van der Waals surface area contributed by atoms with Crippen LogP contribution < -0.4 is 15.5 Å². The Morgan fingerprint density at radius 2 is 2.09 bits per heavy atom. The number of amides is 2. The van der Waals surface area contributed by atoms with Gasteiger partial charge in [-0.15, -0.1) is 0 Å². The van der Waals surface area contributed by atoms with Gasteiger partial charge in [-0.3, -0.25) is 9.59 Å². The van der Waals surface area contributed by atoms with Crippen LogP contribution in [0, 0.1) is 5.92 Å². The molecule has 2 amide bonds. The molecule has 174 valence electrons. The standard InChI is InChI=1S/C26H31N3O4/c1-18(8-5-6-15-30)26(33)21-16-20(28-24(31)22-11-7-14-27-22)12-13-23(21)29(25(26)32)17-19-9-3-2-4-10-19/h2-5,8-10,12-13,16,18,22,27,30,33H,6-7,11,14-15,17H2,1H3,(H,28,31)/b8-5+/t18-,22-,26+/m1/s1. The number of carbonyl (C=O) groups excluding carboxylic acids is 2. The Bertz CT molecular complexity index is 1030. The monoisotopic (exact) mass is 449 g/mol. The number of nitrogens with zero attached hydrogens (tertiary/aromatic N) is 1. The van der Waals surface area contributed by atoms with Gasteiger partial charge in [0.05, 0.1) is 18.3 Å². The molecule has 3 atom stereocenters. The highest BCUT2D eigenvalue weighted by Crippen LogP contribution is 2.46. The zero-order valence-corrected chi connectivity index (χ0v) is 18.8. The predicted molar refractivity (Wildman–Crippen MR) is 128 cm³/mol. The van der Waals surface area contributed by atoms with Gasteiger partial charge in [0.2, 0.25) is 5.91 Å². The summed E-state index contributed by atoms with van der Waals surface area (Å²) in [4.78, 5) is 27.8. The van der Waals surface area contributed by atoms with E-state index >= 15 is 0 Å².